The molecule has 1 aliphatic heterocycles. The maximum absolute atomic E-state index is 10.9. The van der Waals surface area contributed by atoms with Crippen molar-refractivity contribution >= 4 is 22.4 Å². The maximum atomic E-state index is 10.9. The van der Waals surface area contributed by atoms with Crippen molar-refractivity contribution in [1.29, 1.82) is 0 Å². The number of rotatable bonds is 3. The zero-order valence-corrected chi connectivity index (χ0v) is 11.1. The Labute approximate surface area is 114 Å². The van der Waals surface area contributed by atoms with Crippen LogP contribution in [0.1, 0.15) is 12.8 Å². The topological polar surface area (TPSA) is 71.2 Å². The van der Waals surface area contributed by atoms with E-state index in [0.717, 1.165) is 23.4 Å². The van der Waals surface area contributed by atoms with Crippen LogP contribution in [-0.2, 0) is 4.79 Å². The summed E-state index contributed by atoms with van der Waals surface area (Å²) < 4.78 is 1.92. The lowest BCUT2D eigenvalue weighted by atomic mass is 9.98. The van der Waals surface area contributed by atoms with Crippen molar-refractivity contribution in [3.8, 4) is 5.13 Å². The van der Waals surface area contributed by atoms with E-state index >= 15 is 0 Å². The molecule has 0 saturated carbocycles. The second-order valence-electron chi connectivity index (χ2n) is 4.56. The molecular formula is C12H14N4O2S. The van der Waals surface area contributed by atoms with E-state index in [1.165, 1.54) is 11.3 Å². The molecule has 1 aliphatic rings. The Bertz CT molecular complexity index is 558. The zero-order chi connectivity index (χ0) is 13.2. The summed E-state index contributed by atoms with van der Waals surface area (Å²) in [7, 11) is 0. The highest BCUT2D eigenvalue weighted by Gasteiger charge is 2.26. The molecule has 0 radical (unpaired) electrons. The Kier molecular flexibility index (Phi) is 3.20. The molecule has 0 atom stereocenters. The van der Waals surface area contributed by atoms with E-state index in [2.05, 4.69) is 15.1 Å². The number of aliphatic carboxylic acids is 1. The number of anilines is 1. The van der Waals surface area contributed by atoms with Crippen LogP contribution in [0.25, 0.3) is 5.13 Å². The molecule has 2 aromatic heterocycles. The van der Waals surface area contributed by atoms with E-state index in [1.807, 2.05) is 29.1 Å². The maximum Gasteiger partial charge on any atom is 0.306 e. The molecule has 1 N–H and O–H groups in total. The van der Waals surface area contributed by atoms with Gasteiger partial charge in [-0.15, -0.1) is 10.2 Å². The molecule has 0 unspecified atom stereocenters. The van der Waals surface area contributed by atoms with Gasteiger partial charge < -0.3 is 10.0 Å². The van der Waals surface area contributed by atoms with Crippen LogP contribution in [0.5, 0.6) is 0 Å². The Morgan fingerprint density at radius 2 is 1.84 bits per heavy atom. The Morgan fingerprint density at radius 1 is 1.21 bits per heavy atom. The minimum atomic E-state index is -0.690. The van der Waals surface area contributed by atoms with Crippen LogP contribution in [0.4, 0.5) is 5.13 Å². The molecule has 100 valence electrons. The first-order chi connectivity index (χ1) is 9.24. The van der Waals surface area contributed by atoms with Crippen LogP contribution in [-0.4, -0.2) is 38.9 Å². The van der Waals surface area contributed by atoms with E-state index in [1.54, 1.807) is 0 Å². The third-order valence-corrected chi connectivity index (χ3v) is 4.34. The van der Waals surface area contributed by atoms with Crippen molar-refractivity contribution in [3.05, 3.63) is 24.5 Å². The average molecular weight is 278 g/mol. The van der Waals surface area contributed by atoms with Crippen molar-refractivity contribution in [2.24, 2.45) is 5.92 Å². The summed E-state index contributed by atoms with van der Waals surface area (Å²) in [5, 5.41) is 19.0. The summed E-state index contributed by atoms with van der Waals surface area (Å²) in [6, 6.07) is 3.89. The first-order valence-electron chi connectivity index (χ1n) is 6.18. The molecule has 6 nitrogen and oxygen atoms in total. The number of aromatic nitrogens is 3. The van der Waals surface area contributed by atoms with Crippen molar-refractivity contribution in [1.82, 2.24) is 14.8 Å². The third kappa shape index (κ3) is 2.46. The van der Waals surface area contributed by atoms with Crippen molar-refractivity contribution in [2.75, 3.05) is 18.0 Å². The summed E-state index contributed by atoms with van der Waals surface area (Å²) in [4.78, 5) is 13.0. The van der Waals surface area contributed by atoms with Gasteiger partial charge in [0.05, 0.1) is 5.92 Å². The van der Waals surface area contributed by atoms with E-state index < -0.39 is 5.97 Å². The van der Waals surface area contributed by atoms with E-state index in [0.29, 0.717) is 12.8 Å². The minimum Gasteiger partial charge on any atom is -0.481 e. The summed E-state index contributed by atoms with van der Waals surface area (Å²) in [6.45, 7) is 1.47. The molecule has 0 amide bonds. The van der Waals surface area contributed by atoms with E-state index in [-0.39, 0.29) is 5.92 Å². The average Bonchev–Trinajstić information content (AvgIpc) is 3.10. The lowest BCUT2D eigenvalue weighted by Gasteiger charge is -2.29. The van der Waals surface area contributed by atoms with Gasteiger partial charge in [-0.3, -0.25) is 9.36 Å². The van der Waals surface area contributed by atoms with Gasteiger partial charge in [-0.2, -0.15) is 0 Å². The van der Waals surface area contributed by atoms with Gasteiger partial charge in [-0.05, 0) is 25.0 Å². The first kappa shape index (κ1) is 12.2. The van der Waals surface area contributed by atoms with Gasteiger partial charge in [0.2, 0.25) is 10.3 Å². The number of carboxylic acid groups (broad SMARTS) is 1. The summed E-state index contributed by atoms with van der Waals surface area (Å²) in [6.07, 6.45) is 5.21. The van der Waals surface area contributed by atoms with Gasteiger partial charge in [0.25, 0.3) is 0 Å². The first-order valence-corrected chi connectivity index (χ1v) is 7.00. The largest absolute Gasteiger partial charge is 0.481 e. The fraction of sp³-hybridized carbons (Fsp3) is 0.417. The molecule has 2 aromatic rings. The van der Waals surface area contributed by atoms with E-state index in [9.17, 15) is 4.79 Å². The molecule has 0 bridgehead atoms. The standard InChI is InChI=1S/C12H14N4O2S/c17-10(18)9-3-7-16(8-4-9)12-14-13-11(19-12)15-5-1-2-6-15/h1-2,5-6,9H,3-4,7-8H2,(H,17,18). The number of piperidine rings is 1. The van der Waals surface area contributed by atoms with Crippen LogP contribution < -0.4 is 4.90 Å². The highest BCUT2D eigenvalue weighted by molar-refractivity contribution is 7.17. The van der Waals surface area contributed by atoms with Crippen molar-refractivity contribution in [2.45, 2.75) is 12.8 Å². The fourth-order valence-electron chi connectivity index (χ4n) is 2.22. The normalized spacial score (nSPS) is 16.7. The van der Waals surface area contributed by atoms with Crippen LogP contribution in [0.3, 0.4) is 0 Å². The second-order valence-corrected chi connectivity index (χ2v) is 5.49. The Morgan fingerprint density at radius 3 is 2.47 bits per heavy atom. The molecule has 7 heteroatoms. The van der Waals surface area contributed by atoms with Crippen LogP contribution in [0.2, 0.25) is 0 Å². The molecule has 0 aromatic carbocycles. The van der Waals surface area contributed by atoms with Gasteiger partial charge in [-0.25, -0.2) is 0 Å². The van der Waals surface area contributed by atoms with Crippen LogP contribution >= 0.6 is 11.3 Å². The van der Waals surface area contributed by atoms with Crippen molar-refractivity contribution < 1.29 is 9.90 Å². The summed E-state index contributed by atoms with van der Waals surface area (Å²) in [5.74, 6) is -0.905. The monoisotopic (exact) mass is 278 g/mol. The number of carboxylic acids is 1. The quantitative estimate of drug-likeness (QED) is 0.924. The number of hydrogen-bond donors (Lipinski definition) is 1. The lowest BCUT2D eigenvalue weighted by Crippen LogP contribution is -2.36. The lowest BCUT2D eigenvalue weighted by molar-refractivity contribution is -0.142. The number of nitrogens with zero attached hydrogens (tertiary/aromatic N) is 4. The van der Waals surface area contributed by atoms with Crippen LogP contribution in [0.15, 0.2) is 24.5 Å². The van der Waals surface area contributed by atoms with Gasteiger partial charge in [0, 0.05) is 25.5 Å². The molecule has 19 heavy (non-hydrogen) atoms. The van der Waals surface area contributed by atoms with Gasteiger partial charge in [0.15, 0.2) is 0 Å². The predicted molar refractivity (Wildman–Crippen MR) is 71.8 cm³/mol. The molecule has 0 aliphatic carbocycles. The smallest absolute Gasteiger partial charge is 0.306 e. The highest BCUT2D eigenvalue weighted by atomic mass is 32.1. The third-order valence-electron chi connectivity index (χ3n) is 3.34. The summed E-state index contributed by atoms with van der Waals surface area (Å²) in [5.41, 5.74) is 0. The van der Waals surface area contributed by atoms with Gasteiger partial charge in [-0.1, -0.05) is 11.3 Å². The van der Waals surface area contributed by atoms with Crippen LogP contribution in [0, 0.1) is 5.92 Å². The summed E-state index contributed by atoms with van der Waals surface area (Å²) >= 11 is 1.53. The van der Waals surface area contributed by atoms with Gasteiger partial charge >= 0.3 is 5.97 Å². The fourth-order valence-corrected chi connectivity index (χ4v) is 3.09. The van der Waals surface area contributed by atoms with Gasteiger partial charge in [0.1, 0.15) is 0 Å². The molecular weight excluding hydrogens is 264 g/mol. The Hall–Kier alpha value is -1.89. The molecule has 1 fully saturated rings. The van der Waals surface area contributed by atoms with E-state index in [4.69, 9.17) is 5.11 Å². The predicted octanol–water partition coefficient (Wildman–Crippen LogP) is 1.63. The number of carbonyl (C=O) groups is 1. The molecule has 1 saturated heterocycles. The zero-order valence-electron chi connectivity index (χ0n) is 10.3. The molecule has 3 heterocycles. The SMILES string of the molecule is O=C(O)C1CCN(c2nnc(-n3cccc3)s2)CC1. The highest BCUT2D eigenvalue weighted by Crippen LogP contribution is 2.27. The number of hydrogen-bond acceptors (Lipinski definition) is 5. The molecule has 3 rings (SSSR count). The molecule has 0 spiro atoms. The second kappa shape index (κ2) is 5.00. The minimum absolute atomic E-state index is 0.215. The Balaban J connectivity index is 1.69. The van der Waals surface area contributed by atoms with Crippen molar-refractivity contribution in [3.63, 3.8) is 0 Å².